The minimum atomic E-state index is -0.457. The first kappa shape index (κ1) is 19.5. The van der Waals surface area contributed by atoms with Crippen molar-refractivity contribution < 1.29 is 18.8 Å². The Morgan fingerprint density at radius 3 is 2.65 bits per heavy atom. The van der Waals surface area contributed by atoms with Gasteiger partial charge in [0, 0.05) is 17.0 Å². The van der Waals surface area contributed by atoms with Crippen molar-refractivity contribution in [2.75, 3.05) is 17.7 Å². The summed E-state index contributed by atoms with van der Waals surface area (Å²) in [6.45, 7) is 3.33. The molecular weight excluding hydrogens is 354 g/mol. The summed E-state index contributed by atoms with van der Waals surface area (Å²) < 4.78 is 10.0. The van der Waals surface area contributed by atoms with Crippen LogP contribution >= 0.6 is 11.8 Å². The van der Waals surface area contributed by atoms with Crippen LogP contribution < -0.4 is 5.32 Å². The highest BCUT2D eigenvalue weighted by Gasteiger charge is 2.12. The van der Waals surface area contributed by atoms with Gasteiger partial charge in [0.15, 0.2) is 6.61 Å². The molecule has 8 heteroatoms. The molecule has 0 saturated heterocycles. The van der Waals surface area contributed by atoms with E-state index in [1.165, 1.54) is 11.8 Å². The quantitative estimate of drug-likeness (QED) is 0.709. The largest absolute Gasteiger partial charge is 0.455 e. The molecule has 0 aliphatic carbocycles. The zero-order valence-electron chi connectivity index (χ0n) is 14.6. The van der Waals surface area contributed by atoms with E-state index in [0.29, 0.717) is 17.9 Å². The highest BCUT2D eigenvalue weighted by Crippen LogP contribution is 2.19. The molecule has 0 bridgehead atoms. The molecule has 136 valence electrons. The SMILES string of the molecule is Cc1noc(C)c1CSCC(=O)OCC(=O)Nc1ccc(CC#N)cc1. The van der Waals surface area contributed by atoms with Gasteiger partial charge in [-0.25, -0.2) is 0 Å². The van der Waals surface area contributed by atoms with Crippen molar-refractivity contribution in [3.05, 3.63) is 46.8 Å². The number of aromatic nitrogens is 1. The molecule has 0 saturated carbocycles. The Morgan fingerprint density at radius 2 is 2.04 bits per heavy atom. The molecular formula is C18H19N3O4S. The second-order valence-corrected chi connectivity index (χ2v) is 6.52. The third-order valence-corrected chi connectivity index (χ3v) is 4.47. The van der Waals surface area contributed by atoms with Crippen LogP contribution in [-0.2, 0) is 26.5 Å². The van der Waals surface area contributed by atoms with Gasteiger partial charge >= 0.3 is 5.97 Å². The monoisotopic (exact) mass is 373 g/mol. The predicted molar refractivity (Wildman–Crippen MR) is 97.5 cm³/mol. The van der Waals surface area contributed by atoms with Crippen LogP contribution in [0, 0.1) is 25.2 Å². The zero-order valence-corrected chi connectivity index (χ0v) is 15.4. The van der Waals surface area contributed by atoms with Crippen LogP contribution in [0.4, 0.5) is 5.69 Å². The van der Waals surface area contributed by atoms with E-state index in [0.717, 1.165) is 22.6 Å². The van der Waals surface area contributed by atoms with Gasteiger partial charge < -0.3 is 14.6 Å². The number of hydrogen-bond donors (Lipinski definition) is 1. The first-order chi connectivity index (χ1) is 12.5. The number of carbonyl (C=O) groups is 2. The minimum Gasteiger partial charge on any atom is -0.455 e. The fraction of sp³-hybridized carbons (Fsp3) is 0.333. The number of aryl methyl sites for hydroxylation is 2. The summed E-state index contributed by atoms with van der Waals surface area (Å²) in [7, 11) is 0. The maximum atomic E-state index is 11.8. The van der Waals surface area contributed by atoms with E-state index in [2.05, 4.69) is 16.5 Å². The van der Waals surface area contributed by atoms with E-state index in [4.69, 9.17) is 14.5 Å². The van der Waals surface area contributed by atoms with Gasteiger partial charge in [0.1, 0.15) is 5.76 Å². The number of amides is 1. The van der Waals surface area contributed by atoms with Crippen molar-refractivity contribution >= 4 is 29.3 Å². The Kier molecular flexibility index (Phi) is 7.24. The number of esters is 1. The summed E-state index contributed by atoms with van der Waals surface area (Å²) in [5.41, 5.74) is 3.23. The second kappa shape index (κ2) is 9.63. The lowest BCUT2D eigenvalue weighted by molar-refractivity contribution is -0.144. The zero-order chi connectivity index (χ0) is 18.9. The first-order valence-corrected chi connectivity index (χ1v) is 9.06. The van der Waals surface area contributed by atoms with Crippen molar-refractivity contribution in [1.82, 2.24) is 5.16 Å². The number of carbonyl (C=O) groups excluding carboxylic acids is 2. The van der Waals surface area contributed by atoms with Gasteiger partial charge in [-0.3, -0.25) is 9.59 Å². The summed E-state index contributed by atoms with van der Waals surface area (Å²) in [5.74, 6) is 0.601. The first-order valence-electron chi connectivity index (χ1n) is 7.90. The number of thioether (sulfide) groups is 1. The molecule has 0 spiro atoms. The molecule has 2 rings (SSSR count). The number of rotatable bonds is 8. The van der Waals surface area contributed by atoms with Crippen molar-refractivity contribution in [2.45, 2.75) is 26.0 Å². The molecule has 7 nitrogen and oxygen atoms in total. The summed E-state index contributed by atoms with van der Waals surface area (Å²) >= 11 is 1.38. The van der Waals surface area contributed by atoms with Crippen LogP contribution in [0.5, 0.6) is 0 Å². The second-order valence-electron chi connectivity index (χ2n) is 5.54. The van der Waals surface area contributed by atoms with E-state index in [1.54, 1.807) is 24.3 Å². The van der Waals surface area contributed by atoms with Crippen molar-refractivity contribution in [2.24, 2.45) is 0 Å². The summed E-state index contributed by atoms with van der Waals surface area (Å²) in [5, 5.41) is 15.1. The van der Waals surface area contributed by atoms with E-state index in [1.807, 2.05) is 13.8 Å². The molecule has 0 fully saturated rings. The summed E-state index contributed by atoms with van der Waals surface area (Å²) in [6.07, 6.45) is 0.317. The fourth-order valence-electron chi connectivity index (χ4n) is 2.13. The summed E-state index contributed by atoms with van der Waals surface area (Å²) in [6, 6.07) is 8.97. The predicted octanol–water partition coefficient (Wildman–Crippen LogP) is 2.77. The molecule has 26 heavy (non-hydrogen) atoms. The molecule has 1 amide bonds. The minimum absolute atomic E-state index is 0.139. The Morgan fingerprint density at radius 1 is 1.31 bits per heavy atom. The van der Waals surface area contributed by atoms with E-state index in [9.17, 15) is 9.59 Å². The van der Waals surface area contributed by atoms with Crippen molar-refractivity contribution in [3.8, 4) is 6.07 Å². The van der Waals surface area contributed by atoms with Gasteiger partial charge in [0.05, 0.1) is 23.9 Å². The molecule has 0 aliphatic rings. The Bertz CT molecular complexity index is 789. The van der Waals surface area contributed by atoms with Gasteiger partial charge in [-0.2, -0.15) is 5.26 Å². The molecule has 1 aromatic heterocycles. The molecule has 0 atom stereocenters. The molecule has 0 aliphatic heterocycles. The van der Waals surface area contributed by atoms with Crippen LogP contribution in [0.25, 0.3) is 0 Å². The third-order valence-electron chi connectivity index (χ3n) is 3.53. The van der Waals surface area contributed by atoms with Crippen molar-refractivity contribution in [1.29, 1.82) is 5.26 Å². The van der Waals surface area contributed by atoms with Gasteiger partial charge in [-0.05, 0) is 31.5 Å². The maximum absolute atomic E-state index is 11.8. The number of nitrogens with zero attached hydrogens (tertiary/aromatic N) is 2. The molecule has 1 heterocycles. The number of ether oxygens (including phenoxy) is 1. The van der Waals surface area contributed by atoms with Crippen LogP contribution in [-0.4, -0.2) is 29.4 Å². The highest BCUT2D eigenvalue weighted by molar-refractivity contribution is 7.99. The number of nitriles is 1. The number of anilines is 1. The van der Waals surface area contributed by atoms with Crippen LogP contribution in [0.1, 0.15) is 22.6 Å². The average molecular weight is 373 g/mol. The molecule has 0 unspecified atom stereocenters. The van der Waals surface area contributed by atoms with Crippen molar-refractivity contribution in [3.63, 3.8) is 0 Å². The topological polar surface area (TPSA) is 105 Å². The Balaban J connectivity index is 1.68. The van der Waals surface area contributed by atoms with Gasteiger partial charge in [-0.1, -0.05) is 17.3 Å². The van der Waals surface area contributed by atoms with E-state index in [-0.39, 0.29) is 12.4 Å². The fourth-order valence-corrected chi connectivity index (χ4v) is 3.09. The number of benzene rings is 1. The summed E-state index contributed by atoms with van der Waals surface area (Å²) in [4.78, 5) is 23.5. The molecule has 1 aromatic carbocycles. The van der Waals surface area contributed by atoms with Crippen LogP contribution in [0.15, 0.2) is 28.8 Å². The van der Waals surface area contributed by atoms with Gasteiger partial charge in [-0.15, -0.1) is 11.8 Å². The Hall–Kier alpha value is -2.79. The molecule has 2 aromatic rings. The molecule has 0 radical (unpaired) electrons. The lowest BCUT2D eigenvalue weighted by Crippen LogP contribution is -2.21. The lowest BCUT2D eigenvalue weighted by atomic mass is 10.1. The third kappa shape index (κ3) is 5.93. The average Bonchev–Trinajstić information content (AvgIpc) is 2.94. The van der Waals surface area contributed by atoms with E-state index < -0.39 is 11.9 Å². The number of hydrogen-bond acceptors (Lipinski definition) is 7. The number of nitrogens with one attached hydrogen (secondary N) is 1. The lowest BCUT2D eigenvalue weighted by Gasteiger charge is -2.07. The highest BCUT2D eigenvalue weighted by atomic mass is 32.2. The molecule has 1 N–H and O–H groups in total. The normalized spacial score (nSPS) is 10.2. The van der Waals surface area contributed by atoms with E-state index >= 15 is 0 Å². The van der Waals surface area contributed by atoms with Crippen LogP contribution in [0.2, 0.25) is 0 Å². The Labute approximate surface area is 155 Å². The maximum Gasteiger partial charge on any atom is 0.316 e. The standard InChI is InChI=1S/C18H19N3O4S/c1-12-16(13(2)25-21-12)10-26-11-18(23)24-9-17(22)20-15-5-3-14(4-6-15)7-8-19/h3-6H,7,9-11H2,1-2H3,(H,20,22). The smallest absolute Gasteiger partial charge is 0.316 e. The van der Waals surface area contributed by atoms with Crippen LogP contribution in [0.3, 0.4) is 0 Å². The van der Waals surface area contributed by atoms with Gasteiger partial charge in [0.2, 0.25) is 0 Å². The van der Waals surface area contributed by atoms with Gasteiger partial charge in [0.25, 0.3) is 5.91 Å².